The maximum absolute atomic E-state index is 12.0. The van der Waals surface area contributed by atoms with Crippen LogP contribution in [-0.2, 0) is 12.2 Å². The number of thioether (sulfide) groups is 1. The second kappa shape index (κ2) is 9.43. The molecule has 0 bridgehead atoms. The molecule has 1 N–H and O–H groups in total. The van der Waals surface area contributed by atoms with Gasteiger partial charge in [0, 0.05) is 44.0 Å². The minimum Gasteiger partial charge on any atom is -0.455 e. The molecule has 2 aromatic heterocycles. The van der Waals surface area contributed by atoms with E-state index in [1.807, 2.05) is 19.9 Å². The van der Waals surface area contributed by atoms with Gasteiger partial charge in [-0.2, -0.15) is 0 Å². The maximum Gasteiger partial charge on any atom is 0.287 e. The van der Waals surface area contributed by atoms with Crippen molar-refractivity contribution in [1.29, 1.82) is 0 Å². The van der Waals surface area contributed by atoms with E-state index in [0.29, 0.717) is 11.5 Å². The minimum atomic E-state index is -0.187. The average molecular weight is 404 g/mol. The third-order valence-corrected chi connectivity index (χ3v) is 5.45. The van der Waals surface area contributed by atoms with Gasteiger partial charge < -0.3 is 19.5 Å². The van der Waals surface area contributed by atoms with E-state index < -0.39 is 0 Å². The van der Waals surface area contributed by atoms with Crippen LogP contribution in [-0.4, -0.2) is 60.0 Å². The lowest BCUT2D eigenvalue weighted by molar-refractivity contribution is 0.0913. The van der Waals surface area contributed by atoms with Crippen molar-refractivity contribution in [2.45, 2.75) is 44.1 Å². The third kappa shape index (κ3) is 5.48. The number of aromatic nitrogens is 2. The Morgan fingerprint density at radius 3 is 2.68 bits per heavy atom. The van der Waals surface area contributed by atoms with Crippen molar-refractivity contribution in [2.75, 3.05) is 38.1 Å². The van der Waals surface area contributed by atoms with Crippen LogP contribution in [0.1, 0.15) is 42.8 Å². The number of anilines is 1. The van der Waals surface area contributed by atoms with Crippen LogP contribution in [0.5, 0.6) is 0 Å². The summed E-state index contributed by atoms with van der Waals surface area (Å²) < 4.78 is 5.68. The monoisotopic (exact) mass is 403 g/mol. The lowest BCUT2D eigenvalue weighted by Crippen LogP contribution is -2.44. The Bertz CT molecular complexity index is 800. The minimum absolute atomic E-state index is 0.0774. The zero-order chi connectivity index (χ0) is 20.1. The number of piperazine rings is 1. The number of aryl methyl sites for hydroxylation is 1. The van der Waals surface area contributed by atoms with Gasteiger partial charge in [-0.3, -0.25) is 4.79 Å². The largest absolute Gasteiger partial charge is 0.455 e. The standard InChI is InChI=1S/C20H29N5O2S/c1-5-15-12-18(25-10-8-24(4)9-11-25)23-20(22-15)28-13-16-6-7-17(27-16)19(26)21-14(2)3/h6-7,12,14H,5,8-11,13H2,1-4H3,(H,21,26). The van der Waals surface area contributed by atoms with Crippen LogP contribution >= 0.6 is 11.8 Å². The van der Waals surface area contributed by atoms with Gasteiger partial charge in [-0.1, -0.05) is 18.7 Å². The third-order valence-electron chi connectivity index (χ3n) is 4.58. The zero-order valence-electron chi connectivity index (χ0n) is 17.1. The predicted molar refractivity (Wildman–Crippen MR) is 112 cm³/mol. The molecule has 1 aliphatic heterocycles. The number of carbonyl (C=O) groups excluding carboxylic acids is 1. The van der Waals surface area contributed by atoms with Gasteiger partial charge in [0.2, 0.25) is 0 Å². The Morgan fingerprint density at radius 1 is 1.25 bits per heavy atom. The van der Waals surface area contributed by atoms with Crippen LogP contribution in [0.3, 0.4) is 0 Å². The molecule has 1 fully saturated rings. The number of hydrogen-bond donors (Lipinski definition) is 1. The highest BCUT2D eigenvalue weighted by molar-refractivity contribution is 7.98. The molecule has 0 aliphatic carbocycles. The summed E-state index contributed by atoms with van der Waals surface area (Å²) in [7, 11) is 2.15. The maximum atomic E-state index is 12.0. The number of nitrogens with zero attached hydrogens (tertiary/aromatic N) is 4. The van der Waals surface area contributed by atoms with Crippen molar-refractivity contribution in [3.63, 3.8) is 0 Å². The molecule has 0 saturated carbocycles. The highest BCUT2D eigenvalue weighted by atomic mass is 32.2. The Balaban J connectivity index is 1.66. The highest BCUT2D eigenvalue weighted by Gasteiger charge is 2.18. The molecule has 8 heteroatoms. The predicted octanol–water partition coefficient (Wildman–Crippen LogP) is 2.81. The molecule has 152 valence electrons. The normalized spacial score (nSPS) is 15.2. The molecule has 28 heavy (non-hydrogen) atoms. The van der Waals surface area contributed by atoms with E-state index in [-0.39, 0.29) is 11.9 Å². The number of rotatable bonds is 7. The summed E-state index contributed by atoms with van der Waals surface area (Å²) in [6.45, 7) is 10.0. The first-order chi connectivity index (χ1) is 13.4. The first-order valence-electron chi connectivity index (χ1n) is 9.78. The molecular formula is C20H29N5O2S. The molecule has 0 unspecified atom stereocenters. The quantitative estimate of drug-likeness (QED) is 0.563. The molecule has 3 rings (SSSR count). The average Bonchev–Trinajstić information content (AvgIpc) is 3.15. The molecule has 0 atom stereocenters. The van der Waals surface area contributed by atoms with Crippen LogP contribution in [0.4, 0.5) is 5.82 Å². The van der Waals surface area contributed by atoms with Crippen LogP contribution in [0, 0.1) is 0 Å². The van der Waals surface area contributed by atoms with Gasteiger partial charge >= 0.3 is 0 Å². The van der Waals surface area contributed by atoms with Crippen LogP contribution < -0.4 is 10.2 Å². The van der Waals surface area contributed by atoms with E-state index in [2.05, 4.69) is 40.1 Å². The van der Waals surface area contributed by atoms with Gasteiger partial charge in [-0.05, 0) is 39.4 Å². The van der Waals surface area contributed by atoms with Gasteiger partial charge in [0.1, 0.15) is 11.6 Å². The molecule has 7 nitrogen and oxygen atoms in total. The van der Waals surface area contributed by atoms with E-state index >= 15 is 0 Å². The molecule has 0 radical (unpaired) electrons. The summed E-state index contributed by atoms with van der Waals surface area (Å²) in [5.74, 6) is 2.48. The van der Waals surface area contributed by atoms with Gasteiger partial charge in [0.05, 0.1) is 5.75 Å². The fourth-order valence-corrected chi connectivity index (χ4v) is 3.72. The van der Waals surface area contributed by atoms with E-state index in [4.69, 9.17) is 9.40 Å². The van der Waals surface area contributed by atoms with Gasteiger partial charge in [-0.15, -0.1) is 0 Å². The molecule has 1 aliphatic rings. The van der Waals surface area contributed by atoms with Crippen LogP contribution in [0.25, 0.3) is 0 Å². The molecule has 1 amide bonds. The van der Waals surface area contributed by atoms with Crippen LogP contribution in [0.2, 0.25) is 0 Å². The number of furan rings is 1. The molecule has 3 heterocycles. The highest BCUT2D eigenvalue weighted by Crippen LogP contribution is 2.24. The number of carbonyl (C=O) groups is 1. The second-order valence-corrected chi connectivity index (χ2v) is 8.27. The summed E-state index contributed by atoms with van der Waals surface area (Å²) in [5.41, 5.74) is 1.04. The number of amides is 1. The van der Waals surface area contributed by atoms with Crippen molar-refractivity contribution in [3.8, 4) is 0 Å². The lowest BCUT2D eigenvalue weighted by Gasteiger charge is -2.33. The fraction of sp³-hybridized carbons (Fsp3) is 0.550. The summed E-state index contributed by atoms with van der Waals surface area (Å²) in [6, 6.07) is 5.73. The van der Waals surface area contributed by atoms with E-state index in [0.717, 1.165) is 55.0 Å². The Kier molecular flexibility index (Phi) is 6.96. The van der Waals surface area contributed by atoms with Crippen molar-refractivity contribution >= 4 is 23.5 Å². The summed E-state index contributed by atoms with van der Waals surface area (Å²) in [6.07, 6.45) is 0.872. The van der Waals surface area contributed by atoms with E-state index in [9.17, 15) is 4.79 Å². The van der Waals surface area contributed by atoms with Gasteiger partial charge in [0.15, 0.2) is 10.9 Å². The Labute approximate surface area is 170 Å². The summed E-state index contributed by atoms with van der Waals surface area (Å²) in [4.78, 5) is 26.1. The molecule has 2 aromatic rings. The lowest BCUT2D eigenvalue weighted by atomic mass is 10.3. The number of hydrogen-bond acceptors (Lipinski definition) is 7. The second-order valence-electron chi connectivity index (χ2n) is 7.33. The molecule has 0 aromatic carbocycles. The first-order valence-corrected chi connectivity index (χ1v) is 10.8. The van der Waals surface area contributed by atoms with E-state index in [1.165, 1.54) is 11.8 Å². The van der Waals surface area contributed by atoms with Crippen molar-refractivity contribution in [1.82, 2.24) is 20.2 Å². The number of likely N-dealkylation sites (N-methyl/N-ethyl adjacent to an activating group) is 1. The van der Waals surface area contributed by atoms with Gasteiger partial charge in [0.25, 0.3) is 5.91 Å². The van der Waals surface area contributed by atoms with Crippen molar-refractivity contribution < 1.29 is 9.21 Å². The van der Waals surface area contributed by atoms with E-state index in [1.54, 1.807) is 6.07 Å². The van der Waals surface area contributed by atoms with Crippen molar-refractivity contribution in [3.05, 3.63) is 35.4 Å². The fourth-order valence-electron chi connectivity index (χ4n) is 2.95. The molecular weight excluding hydrogens is 374 g/mol. The molecule has 1 saturated heterocycles. The summed E-state index contributed by atoms with van der Waals surface area (Å²) >= 11 is 1.54. The Hall–Kier alpha value is -2.06. The number of nitrogens with one attached hydrogen (secondary N) is 1. The zero-order valence-corrected chi connectivity index (χ0v) is 17.9. The SMILES string of the molecule is CCc1cc(N2CCN(C)CC2)nc(SCc2ccc(C(=O)NC(C)C)o2)n1. The first kappa shape index (κ1) is 20.7. The van der Waals surface area contributed by atoms with Crippen molar-refractivity contribution in [2.24, 2.45) is 0 Å². The summed E-state index contributed by atoms with van der Waals surface area (Å²) in [5, 5.41) is 3.58. The molecule has 0 spiro atoms. The van der Waals surface area contributed by atoms with Gasteiger partial charge in [-0.25, -0.2) is 9.97 Å². The smallest absolute Gasteiger partial charge is 0.287 e. The van der Waals surface area contributed by atoms with Crippen LogP contribution in [0.15, 0.2) is 27.8 Å². The Morgan fingerprint density at radius 2 is 2.00 bits per heavy atom. The topological polar surface area (TPSA) is 74.5 Å².